The maximum absolute atomic E-state index is 10.3. The minimum Gasteiger partial charge on any atom is -0.548 e. The van der Waals surface area contributed by atoms with Crippen LogP contribution in [-0.4, -0.2) is 62.4 Å². The van der Waals surface area contributed by atoms with E-state index in [-0.39, 0.29) is 5.97 Å². The third kappa shape index (κ3) is 24.6. The molecule has 0 rings (SSSR count). The van der Waals surface area contributed by atoms with Gasteiger partial charge in [-0.25, -0.2) is 0 Å². The average Bonchev–Trinajstić information content (AvgIpc) is 2.02. The van der Waals surface area contributed by atoms with Gasteiger partial charge in [-0.15, -0.1) is 0 Å². The van der Waals surface area contributed by atoms with E-state index in [1.807, 2.05) is 0 Å². The van der Waals surface area contributed by atoms with E-state index in [1.165, 1.54) is 6.92 Å². The first-order valence-corrected chi connectivity index (χ1v) is 4.43. The maximum atomic E-state index is 10.3. The lowest BCUT2D eigenvalue weighted by atomic mass is 10.5. The van der Waals surface area contributed by atoms with E-state index in [0.29, 0.717) is 6.61 Å². The van der Waals surface area contributed by atoms with Crippen molar-refractivity contribution < 1.29 is 29.0 Å². The molecule has 0 aromatic heterocycles. The van der Waals surface area contributed by atoms with E-state index in [4.69, 9.17) is 19.7 Å². The molecular weight excluding hydrogens is 202 g/mol. The summed E-state index contributed by atoms with van der Waals surface area (Å²) < 4.78 is 5.59. The molecule has 0 bridgehead atoms. The third-order valence-electron chi connectivity index (χ3n) is 1.20. The SMILES string of the molecule is CC(=O)OCC[N+](C)(C)C.O=C([O-])CO. The molecule has 0 saturated carbocycles. The first-order valence-electron chi connectivity index (χ1n) is 4.43. The number of carboxylic acids is 1. The summed E-state index contributed by atoms with van der Waals surface area (Å²) in [5.41, 5.74) is 0. The van der Waals surface area contributed by atoms with Crippen LogP contribution in [0.5, 0.6) is 0 Å². The Morgan fingerprint density at radius 3 is 1.93 bits per heavy atom. The molecule has 0 aliphatic heterocycles. The van der Waals surface area contributed by atoms with Crippen molar-refractivity contribution in [3.05, 3.63) is 0 Å². The minimum atomic E-state index is -1.44. The zero-order valence-corrected chi connectivity index (χ0v) is 9.65. The van der Waals surface area contributed by atoms with Gasteiger partial charge in [0.25, 0.3) is 0 Å². The monoisotopic (exact) mass is 221 g/mol. The molecule has 0 aromatic rings. The van der Waals surface area contributed by atoms with Crippen LogP contribution in [0, 0.1) is 0 Å². The number of aliphatic carboxylic acids is 1. The summed E-state index contributed by atoms with van der Waals surface area (Å²) in [7, 11) is 6.18. The predicted octanol–water partition coefficient (Wildman–Crippen LogP) is -2.02. The van der Waals surface area contributed by atoms with E-state index in [0.717, 1.165) is 11.0 Å². The summed E-state index contributed by atoms with van der Waals surface area (Å²) in [4.78, 5) is 19.3. The number of rotatable bonds is 4. The topological polar surface area (TPSA) is 86.7 Å². The smallest absolute Gasteiger partial charge is 0.302 e. The van der Waals surface area contributed by atoms with Gasteiger partial charge in [0.1, 0.15) is 13.2 Å². The number of aliphatic hydroxyl groups excluding tert-OH is 1. The lowest BCUT2D eigenvalue weighted by molar-refractivity contribution is -0.870. The molecule has 0 unspecified atom stereocenters. The highest BCUT2D eigenvalue weighted by molar-refractivity contribution is 5.65. The fraction of sp³-hybridized carbons (Fsp3) is 0.778. The third-order valence-corrected chi connectivity index (χ3v) is 1.20. The van der Waals surface area contributed by atoms with Crippen molar-refractivity contribution in [1.29, 1.82) is 0 Å². The van der Waals surface area contributed by atoms with Gasteiger partial charge in [0.2, 0.25) is 0 Å². The van der Waals surface area contributed by atoms with Crippen molar-refractivity contribution >= 4 is 11.9 Å². The van der Waals surface area contributed by atoms with Gasteiger partial charge in [-0.3, -0.25) is 4.79 Å². The Morgan fingerprint density at radius 2 is 1.73 bits per heavy atom. The van der Waals surface area contributed by atoms with Crippen molar-refractivity contribution in [2.75, 3.05) is 40.9 Å². The number of carboxylic acid groups (broad SMARTS) is 1. The van der Waals surface area contributed by atoms with Crippen molar-refractivity contribution in [3.8, 4) is 0 Å². The summed E-state index contributed by atoms with van der Waals surface area (Å²) >= 11 is 0. The average molecular weight is 221 g/mol. The number of carbonyl (C=O) groups excluding carboxylic acids is 2. The normalized spacial score (nSPS) is 9.93. The van der Waals surface area contributed by atoms with Crippen LogP contribution < -0.4 is 5.11 Å². The van der Waals surface area contributed by atoms with Gasteiger partial charge in [0, 0.05) is 6.92 Å². The number of quaternary nitrogens is 1. The molecule has 0 saturated heterocycles. The predicted molar refractivity (Wildman–Crippen MR) is 51.6 cm³/mol. The van der Waals surface area contributed by atoms with Crippen molar-refractivity contribution in [3.63, 3.8) is 0 Å². The van der Waals surface area contributed by atoms with E-state index in [2.05, 4.69) is 21.1 Å². The van der Waals surface area contributed by atoms with Gasteiger partial charge in [-0.1, -0.05) is 0 Å². The van der Waals surface area contributed by atoms with Gasteiger partial charge < -0.3 is 24.2 Å². The van der Waals surface area contributed by atoms with Gasteiger partial charge in [0.15, 0.2) is 0 Å². The Labute approximate surface area is 89.7 Å². The fourth-order valence-electron chi connectivity index (χ4n) is 0.463. The molecule has 0 atom stereocenters. The largest absolute Gasteiger partial charge is 0.548 e. The van der Waals surface area contributed by atoms with Gasteiger partial charge in [-0.05, 0) is 0 Å². The molecule has 0 aliphatic rings. The second-order valence-electron chi connectivity index (χ2n) is 3.88. The van der Waals surface area contributed by atoms with E-state index in [1.54, 1.807) is 0 Å². The standard InChI is InChI=1S/C7H16NO2.C2H4O3/c1-7(9)10-6-5-8(2,3)4;3-1-2(4)5/h5-6H2,1-4H3;3H,1H2,(H,4,5)/q+1;/p-1. The van der Waals surface area contributed by atoms with Gasteiger partial charge in [-0.2, -0.15) is 0 Å². The quantitative estimate of drug-likeness (QED) is 0.437. The second-order valence-corrected chi connectivity index (χ2v) is 3.88. The number of likely N-dealkylation sites (N-methyl/N-ethyl adjacent to an activating group) is 1. The highest BCUT2D eigenvalue weighted by Crippen LogP contribution is 1.88. The van der Waals surface area contributed by atoms with Crippen molar-refractivity contribution in [2.45, 2.75) is 6.92 Å². The lowest BCUT2D eigenvalue weighted by Gasteiger charge is -2.23. The molecule has 6 nitrogen and oxygen atoms in total. The highest BCUT2D eigenvalue weighted by Gasteiger charge is 2.06. The van der Waals surface area contributed by atoms with Crippen LogP contribution in [0.4, 0.5) is 0 Å². The second kappa shape index (κ2) is 8.19. The molecule has 0 amide bonds. The molecule has 0 heterocycles. The number of aliphatic hydroxyl groups is 1. The Bertz CT molecular complexity index is 197. The molecule has 1 N–H and O–H groups in total. The van der Waals surface area contributed by atoms with Gasteiger partial charge in [0.05, 0.1) is 33.7 Å². The Kier molecular flexibility index (Phi) is 8.90. The molecule has 0 radical (unpaired) electrons. The van der Waals surface area contributed by atoms with Crippen LogP contribution in [0.2, 0.25) is 0 Å². The molecule has 0 spiro atoms. The van der Waals surface area contributed by atoms with Crippen molar-refractivity contribution in [1.82, 2.24) is 0 Å². The molecule has 0 aromatic carbocycles. The van der Waals surface area contributed by atoms with Crippen LogP contribution >= 0.6 is 0 Å². The minimum absolute atomic E-state index is 0.201. The molecule has 6 heteroatoms. The Morgan fingerprint density at radius 1 is 1.33 bits per heavy atom. The van der Waals surface area contributed by atoms with Crippen LogP contribution in [0.15, 0.2) is 0 Å². The van der Waals surface area contributed by atoms with Gasteiger partial charge >= 0.3 is 5.97 Å². The summed E-state index contributed by atoms with van der Waals surface area (Å²) in [5, 5.41) is 16.5. The lowest BCUT2D eigenvalue weighted by Crippen LogP contribution is -2.37. The van der Waals surface area contributed by atoms with Crippen LogP contribution in [0.3, 0.4) is 0 Å². The fourth-order valence-corrected chi connectivity index (χ4v) is 0.463. The first-order chi connectivity index (χ1) is 6.69. The van der Waals surface area contributed by atoms with Crippen LogP contribution in [0.25, 0.3) is 0 Å². The summed E-state index contributed by atoms with van der Waals surface area (Å²) in [5.74, 6) is -1.64. The molecular formula is C9H19NO5. The summed E-state index contributed by atoms with van der Waals surface area (Å²) in [6.07, 6.45) is 0. The molecule has 90 valence electrons. The van der Waals surface area contributed by atoms with Crippen LogP contribution in [-0.2, 0) is 14.3 Å². The number of hydrogen-bond acceptors (Lipinski definition) is 5. The van der Waals surface area contributed by atoms with E-state index in [9.17, 15) is 4.79 Å². The number of hydrogen-bond donors (Lipinski definition) is 1. The summed E-state index contributed by atoms with van der Waals surface area (Å²) in [6.45, 7) is 1.91. The van der Waals surface area contributed by atoms with E-state index >= 15 is 0 Å². The summed E-state index contributed by atoms with van der Waals surface area (Å²) in [6, 6.07) is 0. The molecule has 0 fully saturated rings. The molecule has 15 heavy (non-hydrogen) atoms. The van der Waals surface area contributed by atoms with Crippen molar-refractivity contribution in [2.24, 2.45) is 0 Å². The zero-order valence-electron chi connectivity index (χ0n) is 9.65. The Balaban J connectivity index is 0. The van der Waals surface area contributed by atoms with E-state index < -0.39 is 12.6 Å². The number of esters is 1. The first kappa shape index (κ1) is 16.3. The molecule has 0 aliphatic carbocycles. The highest BCUT2D eigenvalue weighted by atomic mass is 16.5. The number of nitrogens with zero attached hydrogens (tertiary/aromatic N) is 1. The number of ether oxygens (including phenoxy) is 1. The zero-order chi connectivity index (χ0) is 12.5. The number of carbonyl (C=O) groups is 2. The van der Waals surface area contributed by atoms with Crippen LogP contribution in [0.1, 0.15) is 6.92 Å². The Hall–Kier alpha value is -1.14. The maximum Gasteiger partial charge on any atom is 0.302 e.